The van der Waals surface area contributed by atoms with Gasteiger partial charge in [-0.3, -0.25) is 0 Å². The zero-order valence-electron chi connectivity index (χ0n) is 13.2. The molecule has 0 amide bonds. The highest BCUT2D eigenvalue weighted by atomic mass is 28.4. The van der Waals surface area contributed by atoms with Gasteiger partial charge in [-0.1, -0.05) is 12.8 Å². The first-order valence-electron chi connectivity index (χ1n) is 7.34. The van der Waals surface area contributed by atoms with E-state index in [4.69, 9.17) is 10.8 Å². The van der Waals surface area contributed by atoms with Crippen LogP contribution in [-0.4, -0.2) is 13.9 Å². The molecular weight excluding hydrogens is 248 g/mol. The summed E-state index contributed by atoms with van der Waals surface area (Å²) in [5, 5.41) is 0. The van der Waals surface area contributed by atoms with Crippen LogP contribution in [0.2, 0.25) is 19.6 Å². The van der Waals surface area contributed by atoms with Crippen molar-refractivity contribution >= 4 is 8.32 Å². The molecule has 0 aromatic rings. The summed E-state index contributed by atoms with van der Waals surface area (Å²) in [5.74, 6) is 3.30. The van der Waals surface area contributed by atoms with Crippen LogP contribution < -0.4 is 0 Å². The summed E-state index contributed by atoms with van der Waals surface area (Å²) in [6, 6.07) is 0. The zero-order valence-corrected chi connectivity index (χ0v) is 14.2. The highest BCUT2D eigenvalue weighted by molar-refractivity contribution is 6.69. The molecule has 0 heterocycles. The molecule has 2 atom stereocenters. The molecule has 0 saturated heterocycles. The average Bonchev–Trinajstić information content (AvgIpc) is 2.28. The van der Waals surface area contributed by atoms with Gasteiger partial charge in [0.1, 0.15) is 0 Å². The second-order valence-corrected chi connectivity index (χ2v) is 11.2. The summed E-state index contributed by atoms with van der Waals surface area (Å²) in [6.07, 6.45) is 13.3. The molecule has 0 bridgehead atoms. The van der Waals surface area contributed by atoms with E-state index in [1.165, 1.54) is 24.8 Å². The number of hydrogen-bond donors (Lipinski definition) is 0. The van der Waals surface area contributed by atoms with Gasteiger partial charge in [-0.15, -0.1) is 18.1 Å². The van der Waals surface area contributed by atoms with Crippen LogP contribution in [0.1, 0.15) is 46.0 Å². The fraction of sp³-hybridized carbons (Fsp3) is 0.706. The van der Waals surface area contributed by atoms with Crippen molar-refractivity contribution in [3.8, 4) is 12.3 Å². The van der Waals surface area contributed by atoms with Crippen molar-refractivity contribution in [1.29, 1.82) is 0 Å². The lowest BCUT2D eigenvalue weighted by atomic mass is 9.74. The molecule has 1 rings (SSSR count). The van der Waals surface area contributed by atoms with Crippen LogP contribution in [0.5, 0.6) is 0 Å². The predicted molar refractivity (Wildman–Crippen MR) is 85.5 cm³/mol. The van der Waals surface area contributed by atoms with Crippen LogP contribution in [-0.2, 0) is 4.43 Å². The van der Waals surface area contributed by atoms with E-state index >= 15 is 0 Å². The smallest absolute Gasteiger partial charge is 0.184 e. The third-order valence-electron chi connectivity index (χ3n) is 3.53. The molecule has 0 aliphatic heterocycles. The van der Waals surface area contributed by atoms with Crippen molar-refractivity contribution in [3.05, 3.63) is 17.4 Å². The summed E-state index contributed by atoms with van der Waals surface area (Å²) in [7, 11) is -1.61. The monoisotopic (exact) mass is 276 g/mol. The molecule has 1 fully saturated rings. The van der Waals surface area contributed by atoms with Crippen LogP contribution in [0.4, 0.5) is 0 Å². The Morgan fingerprint density at radius 3 is 2.58 bits per heavy atom. The Morgan fingerprint density at radius 2 is 2.05 bits per heavy atom. The van der Waals surface area contributed by atoms with Gasteiger partial charge in [0.05, 0.1) is 5.60 Å². The maximum absolute atomic E-state index is 6.59. The summed E-state index contributed by atoms with van der Waals surface area (Å²) < 4.78 is 6.59. The van der Waals surface area contributed by atoms with Crippen molar-refractivity contribution in [1.82, 2.24) is 0 Å². The Labute approximate surface area is 120 Å². The standard InChI is InChI=1S/C17H28OSi/c1-7-10-16-11-8-9-13-17(16,14-12-15(2)3)18-19(4,5)6/h1,14,16H,8-11,13H2,2-6H3/t16-,17-/m0/s1. The van der Waals surface area contributed by atoms with Crippen molar-refractivity contribution in [2.45, 2.75) is 71.2 Å². The van der Waals surface area contributed by atoms with Gasteiger partial charge < -0.3 is 4.43 Å². The lowest BCUT2D eigenvalue weighted by Gasteiger charge is -2.45. The third-order valence-corrected chi connectivity index (χ3v) is 4.52. The first kappa shape index (κ1) is 16.3. The molecule has 1 aliphatic carbocycles. The van der Waals surface area contributed by atoms with Crippen molar-refractivity contribution in [3.63, 3.8) is 0 Å². The van der Waals surface area contributed by atoms with E-state index in [-0.39, 0.29) is 5.60 Å². The normalized spacial score (nSPS) is 27.3. The molecule has 0 aromatic carbocycles. The van der Waals surface area contributed by atoms with Crippen molar-refractivity contribution < 1.29 is 4.43 Å². The first-order chi connectivity index (χ1) is 8.79. The lowest BCUT2D eigenvalue weighted by Crippen LogP contribution is -2.48. The van der Waals surface area contributed by atoms with Gasteiger partial charge in [-0.2, -0.15) is 0 Å². The number of hydrogen-bond acceptors (Lipinski definition) is 1. The zero-order chi connectivity index (χ0) is 14.5. The minimum Gasteiger partial charge on any atom is -0.408 e. The van der Waals surface area contributed by atoms with Gasteiger partial charge in [-0.05, 0) is 58.0 Å². The fourth-order valence-corrected chi connectivity index (χ4v) is 4.32. The summed E-state index contributed by atoms with van der Waals surface area (Å²) in [5.41, 5.74) is 4.41. The molecule has 0 spiro atoms. The van der Waals surface area contributed by atoms with E-state index in [1.54, 1.807) is 0 Å². The average molecular weight is 276 g/mol. The predicted octanol–water partition coefficient (Wildman–Crippen LogP) is 4.91. The van der Waals surface area contributed by atoms with Crippen molar-refractivity contribution in [2.24, 2.45) is 5.92 Å². The molecule has 106 valence electrons. The highest BCUT2D eigenvalue weighted by Gasteiger charge is 2.42. The van der Waals surface area contributed by atoms with Crippen LogP contribution in [0.25, 0.3) is 0 Å². The largest absolute Gasteiger partial charge is 0.408 e. The molecule has 2 heteroatoms. The minimum atomic E-state index is -1.61. The first-order valence-corrected chi connectivity index (χ1v) is 10.7. The Balaban J connectivity index is 3.15. The second kappa shape index (κ2) is 6.62. The topological polar surface area (TPSA) is 9.23 Å². The molecule has 0 N–H and O–H groups in total. The Hall–Kier alpha value is -0.743. The molecule has 0 unspecified atom stereocenters. The van der Waals surface area contributed by atoms with Gasteiger partial charge in [-0.25, -0.2) is 0 Å². The molecule has 19 heavy (non-hydrogen) atoms. The fourth-order valence-electron chi connectivity index (χ4n) is 2.85. The van der Waals surface area contributed by atoms with Gasteiger partial charge in [0.2, 0.25) is 0 Å². The quantitative estimate of drug-likeness (QED) is 0.403. The summed E-state index contributed by atoms with van der Waals surface area (Å²) in [4.78, 5) is 0. The molecule has 1 nitrogen and oxygen atoms in total. The van der Waals surface area contributed by atoms with Gasteiger partial charge in [0.25, 0.3) is 0 Å². The number of rotatable bonds is 4. The summed E-state index contributed by atoms with van der Waals surface area (Å²) >= 11 is 0. The van der Waals surface area contributed by atoms with E-state index in [0.29, 0.717) is 5.92 Å². The van der Waals surface area contributed by atoms with Crippen molar-refractivity contribution in [2.75, 3.05) is 0 Å². The summed E-state index contributed by atoms with van der Waals surface area (Å²) in [6.45, 7) is 10.9. The third kappa shape index (κ3) is 5.03. The molecular formula is C17H28OSi. The van der Waals surface area contributed by atoms with Crippen LogP contribution >= 0.6 is 0 Å². The molecule has 0 radical (unpaired) electrons. The number of terminal acetylenes is 1. The van der Waals surface area contributed by atoms with E-state index in [9.17, 15) is 0 Å². The Kier molecular flexibility index (Phi) is 5.68. The molecule has 1 aliphatic rings. The van der Waals surface area contributed by atoms with Gasteiger partial charge >= 0.3 is 0 Å². The van der Waals surface area contributed by atoms with Crippen LogP contribution in [0, 0.1) is 18.3 Å². The van der Waals surface area contributed by atoms with Gasteiger partial charge in [0, 0.05) is 12.3 Å². The van der Waals surface area contributed by atoms with E-state index in [2.05, 4.69) is 51.2 Å². The van der Waals surface area contributed by atoms with Crippen LogP contribution in [0.3, 0.4) is 0 Å². The Bertz CT molecular complexity index is 400. The van der Waals surface area contributed by atoms with E-state index < -0.39 is 8.32 Å². The maximum atomic E-state index is 6.59. The lowest BCUT2D eigenvalue weighted by molar-refractivity contribution is 0.0147. The highest BCUT2D eigenvalue weighted by Crippen LogP contribution is 2.41. The van der Waals surface area contributed by atoms with E-state index in [0.717, 1.165) is 12.8 Å². The van der Waals surface area contributed by atoms with E-state index in [1.807, 2.05) is 0 Å². The second-order valence-electron chi connectivity index (χ2n) is 6.81. The minimum absolute atomic E-state index is 0.174. The maximum Gasteiger partial charge on any atom is 0.184 e. The van der Waals surface area contributed by atoms with Gasteiger partial charge in [0.15, 0.2) is 8.32 Å². The molecule has 0 aromatic heterocycles. The molecule has 1 saturated carbocycles. The SMILES string of the molecule is C#CC[C@H]1CCCC[C@@]1(C=C=C(C)C)O[Si](C)(C)C. The van der Waals surface area contributed by atoms with Crippen LogP contribution in [0.15, 0.2) is 17.4 Å². The Morgan fingerprint density at radius 1 is 1.37 bits per heavy atom.